The third-order valence-corrected chi connectivity index (χ3v) is 6.82. The number of esters is 1. The third-order valence-electron chi connectivity index (χ3n) is 4.46. The number of nitrogens with zero attached hydrogens (tertiary/aromatic N) is 2. The maximum Gasteiger partial charge on any atom is 0.337 e. The number of methoxy groups -OCH3 is 2. The van der Waals surface area contributed by atoms with Crippen LogP contribution in [0.15, 0.2) is 51.0 Å². The van der Waals surface area contributed by atoms with Crippen LogP contribution in [-0.4, -0.2) is 34.7 Å². The van der Waals surface area contributed by atoms with E-state index >= 15 is 0 Å². The van der Waals surface area contributed by atoms with Gasteiger partial charge in [0.25, 0.3) is 5.56 Å². The van der Waals surface area contributed by atoms with Crippen LogP contribution in [0.4, 0.5) is 0 Å². The zero-order chi connectivity index (χ0) is 22.0. The predicted octanol–water partition coefficient (Wildman–Crippen LogP) is 4.24. The predicted molar refractivity (Wildman–Crippen MR) is 121 cm³/mol. The van der Waals surface area contributed by atoms with Crippen LogP contribution in [0.3, 0.4) is 0 Å². The summed E-state index contributed by atoms with van der Waals surface area (Å²) in [4.78, 5) is 31.9. The number of furan rings is 1. The number of hydrogen-bond donors (Lipinski definition) is 1. The van der Waals surface area contributed by atoms with Crippen LogP contribution in [0.25, 0.3) is 10.3 Å². The second-order valence-corrected chi connectivity index (χ2v) is 8.97. The number of fused-ring (bicyclic) bond motifs is 1. The molecule has 0 saturated carbocycles. The van der Waals surface area contributed by atoms with Crippen LogP contribution >= 0.6 is 35.3 Å². The molecule has 31 heavy (non-hydrogen) atoms. The molecule has 0 saturated heterocycles. The van der Waals surface area contributed by atoms with Gasteiger partial charge in [-0.1, -0.05) is 23.1 Å². The molecule has 0 amide bonds. The van der Waals surface area contributed by atoms with E-state index < -0.39 is 5.97 Å². The van der Waals surface area contributed by atoms with E-state index in [9.17, 15) is 9.59 Å². The van der Waals surface area contributed by atoms with Crippen molar-refractivity contribution in [3.8, 4) is 5.75 Å². The lowest BCUT2D eigenvalue weighted by Crippen LogP contribution is -2.10. The summed E-state index contributed by atoms with van der Waals surface area (Å²) in [6.45, 7) is 0.390. The van der Waals surface area contributed by atoms with E-state index in [0.29, 0.717) is 43.1 Å². The van der Waals surface area contributed by atoms with Gasteiger partial charge in [-0.3, -0.25) is 9.36 Å². The number of aromatic amines is 1. The van der Waals surface area contributed by atoms with Gasteiger partial charge in [0.15, 0.2) is 14.8 Å². The third kappa shape index (κ3) is 4.43. The van der Waals surface area contributed by atoms with Gasteiger partial charge in [0.2, 0.25) is 0 Å². The van der Waals surface area contributed by atoms with E-state index in [-0.39, 0.29) is 5.56 Å². The Morgan fingerprint density at radius 3 is 2.90 bits per heavy atom. The van der Waals surface area contributed by atoms with Crippen molar-refractivity contribution in [2.45, 2.75) is 17.5 Å². The molecular formula is C20H17N3O5S3. The Morgan fingerprint density at radius 2 is 2.19 bits per heavy atom. The van der Waals surface area contributed by atoms with Crippen molar-refractivity contribution in [2.24, 2.45) is 0 Å². The zero-order valence-electron chi connectivity index (χ0n) is 16.5. The molecule has 0 aliphatic heterocycles. The number of benzene rings is 1. The SMILES string of the molecule is COC(=O)c1ccc(OC)c(CSc2nc3c(sc(=S)n3Cc3ccco3)c(=O)[nH]2)c1. The first kappa shape index (κ1) is 21.3. The number of hydrogen-bond acceptors (Lipinski definition) is 9. The summed E-state index contributed by atoms with van der Waals surface area (Å²) in [5.41, 5.74) is 1.45. The van der Waals surface area contributed by atoms with Crippen molar-refractivity contribution in [2.75, 3.05) is 14.2 Å². The van der Waals surface area contributed by atoms with Crippen LogP contribution < -0.4 is 10.3 Å². The van der Waals surface area contributed by atoms with Gasteiger partial charge in [-0.05, 0) is 42.5 Å². The molecule has 0 aliphatic carbocycles. The number of thiazole rings is 1. The van der Waals surface area contributed by atoms with Gasteiger partial charge in [0.05, 0.1) is 32.6 Å². The van der Waals surface area contributed by atoms with Gasteiger partial charge in [-0.15, -0.1) is 0 Å². The summed E-state index contributed by atoms with van der Waals surface area (Å²) in [6, 6.07) is 8.69. The van der Waals surface area contributed by atoms with E-state index in [4.69, 9.17) is 26.1 Å². The summed E-state index contributed by atoms with van der Waals surface area (Å²) >= 11 is 7.97. The van der Waals surface area contributed by atoms with E-state index in [1.54, 1.807) is 42.2 Å². The highest BCUT2D eigenvalue weighted by Gasteiger charge is 2.15. The average molecular weight is 476 g/mol. The summed E-state index contributed by atoms with van der Waals surface area (Å²) in [5.74, 6) is 1.33. The van der Waals surface area contributed by atoms with Crippen molar-refractivity contribution >= 4 is 51.6 Å². The van der Waals surface area contributed by atoms with Crippen molar-refractivity contribution in [1.82, 2.24) is 14.5 Å². The zero-order valence-corrected chi connectivity index (χ0v) is 19.0. The quantitative estimate of drug-likeness (QED) is 0.183. The highest BCUT2D eigenvalue weighted by molar-refractivity contribution is 7.98. The standard InChI is InChI=1S/C20H17N3O5S3/c1-26-14-6-5-11(18(25)27-2)8-12(14)10-30-19-21-16-15(17(24)22-19)31-20(29)23(16)9-13-4-3-7-28-13/h3-8H,9-10H2,1-2H3,(H,21,22,24). The highest BCUT2D eigenvalue weighted by atomic mass is 32.2. The second-order valence-electron chi connectivity index (χ2n) is 6.36. The topological polar surface area (TPSA) is 99.3 Å². The molecule has 0 fully saturated rings. The fourth-order valence-electron chi connectivity index (χ4n) is 2.98. The van der Waals surface area contributed by atoms with Crippen molar-refractivity contribution in [3.63, 3.8) is 0 Å². The molecule has 4 aromatic rings. The number of rotatable bonds is 7. The molecule has 0 atom stereocenters. The number of carbonyl (C=O) groups is 1. The largest absolute Gasteiger partial charge is 0.496 e. The Morgan fingerprint density at radius 1 is 1.35 bits per heavy atom. The molecule has 0 radical (unpaired) electrons. The average Bonchev–Trinajstić information content (AvgIpc) is 3.40. The molecule has 0 bridgehead atoms. The first-order valence-electron chi connectivity index (χ1n) is 9.04. The van der Waals surface area contributed by atoms with Crippen LogP contribution in [0.2, 0.25) is 0 Å². The van der Waals surface area contributed by atoms with Gasteiger partial charge < -0.3 is 18.9 Å². The van der Waals surface area contributed by atoms with Gasteiger partial charge in [0, 0.05) is 11.3 Å². The van der Waals surface area contributed by atoms with Gasteiger partial charge in [-0.2, -0.15) is 0 Å². The summed E-state index contributed by atoms with van der Waals surface area (Å²) in [6.07, 6.45) is 1.59. The molecule has 3 heterocycles. The lowest BCUT2D eigenvalue weighted by Gasteiger charge is -2.10. The molecule has 8 nitrogen and oxygen atoms in total. The number of thioether (sulfide) groups is 1. The van der Waals surface area contributed by atoms with Crippen molar-refractivity contribution in [1.29, 1.82) is 0 Å². The van der Waals surface area contributed by atoms with E-state index in [0.717, 1.165) is 11.3 Å². The molecule has 160 valence electrons. The molecule has 11 heteroatoms. The minimum atomic E-state index is -0.433. The monoisotopic (exact) mass is 475 g/mol. The number of H-pyrrole nitrogens is 1. The normalized spacial score (nSPS) is 11.0. The van der Waals surface area contributed by atoms with Crippen LogP contribution in [-0.2, 0) is 17.0 Å². The second kappa shape index (κ2) is 9.08. The van der Waals surface area contributed by atoms with Gasteiger partial charge >= 0.3 is 5.97 Å². The van der Waals surface area contributed by atoms with E-state index in [1.807, 2.05) is 6.07 Å². The van der Waals surface area contributed by atoms with Crippen molar-refractivity contribution < 1.29 is 18.7 Å². The smallest absolute Gasteiger partial charge is 0.337 e. The number of carbonyl (C=O) groups excluding carboxylic acids is 1. The Bertz CT molecular complexity index is 1350. The Balaban J connectivity index is 1.66. The van der Waals surface area contributed by atoms with Crippen molar-refractivity contribution in [3.05, 3.63) is 67.8 Å². The summed E-state index contributed by atoms with van der Waals surface area (Å²) in [7, 11) is 2.89. The van der Waals surface area contributed by atoms with Crippen LogP contribution in [0, 0.1) is 3.95 Å². The van der Waals surface area contributed by atoms with E-state index in [2.05, 4.69) is 9.97 Å². The molecule has 0 spiro atoms. The summed E-state index contributed by atoms with van der Waals surface area (Å²) < 4.78 is 18.4. The first-order chi connectivity index (χ1) is 15.0. The molecular weight excluding hydrogens is 458 g/mol. The lowest BCUT2D eigenvalue weighted by atomic mass is 10.1. The maximum atomic E-state index is 12.6. The minimum absolute atomic E-state index is 0.253. The molecule has 3 aromatic heterocycles. The first-order valence-corrected chi connectivity index (χ1v) is 11.2. The van der Waals surface area contributed by atoms with Crippen LogP contribution in [0.1, 0.15) is 21.7 Å². The number of nitrogens with one attached hydrogen (secondary N) is 1. The van der Waals surface area contributed by atoms with E-state index in [1.165, 1.54) is 30.2 Å². The molecule has 1 N–H and O–H groups in total. The fourth-order valence-corrected chi connectivity index (χ4v) is 5.04. The Labute approximate surface area is 189 Å². The molecule has 1 aromatic carbocycles. The number of ether oxygens (including phenoxy) is 2. The van der Waals surface area contributed by atoms with Gasteiger partial charge in [-0.25, -0.2) is 9.78 Å². The highest BCUT2D eigenvalue weighted by Crippen LogP contribution is 2.28. The molecule has 0 aliphatic rings. The Hall–Kier alpha value is -2.89. The van der Waals surface area contributed by atoms with Gasteiger partial charge in [0.1, 0.15) is 16.2 Å². The van der Waals surface area contributed by atoms with Crippen LogP contribution in [0.5, 0.6) is 5.75 Å². The lowest BCUT2D eigenvalue weighted by molar-refractivity contribution is 0.0600. The molecule has 0 unspecified atom stereocenters. The number of aromatic nitrogens is 3. The molecule has 4 rings (SSSR count). The Kier molecular flexibility index (Phi) is 6.25. The summed E-state index contributed by atoms with van der Waals surface area (Å²) in [5, 5.41) is 0.434. The fraction of sp³-hybridized carbons (Fsp3) is 0.200. The maximum absolute atomic E-state index is 12.6. The minimum Gasteiger partial charge on any atom is -0.496 e.